The number of aryl methyl sites for hydroxylation is 2. The summed E-state index contributed by atoms with van der Waals surface area (Å²) in [6.07, 6.45) is 11.0. The van der Waals surface area contributed by atoms with Gasteiger partial charge >= 0.3 is 20.1 Å². The van der Waals surface area contributed by atoms with E-state index in [0.717, 1.165) is 91.1 Å². The Morgan fingerprint density at radius 1 is 0.358 bits per heavy atom. The van der Waals surface area contributed by atoms with Crippen molar-refractivity contribution in [3.8, 4) is 89.4 Å². The Hall–Kier alpha value is -8.02. The molecule has 0 N–H and O–H groups in total. The number of hydrogen-bond acceptors (Lipinski definition) is 3. The quantitative estimate of drug-likeness (QED) is 0.115. The van der Waals surface area contributed by atoms with E-state index in [1.165, 1.54) is 22.3 Å². The van der Waals surface area contributed by atoms with Crippen LogP contribution in [0.15, 0.2) is 231 Å². The molecule has 6 heteroatoms. The first kappa shape index (κ1) is 42.9. The van der Waals surface area contributed by atoms with Crippen molar-refractivity contribution >= 4 is 0 Å². The van der Waals surface area contributed by atoms with E-state index in [9.17, 15) is 0 Å². The molecule has 0 saturated heterocycles. The van der Waals surface area contributed by atoms with Crippen LogP contribution < -0.4 is 0 Å². The zero-order valence-corrected chi connectivity index (χ0v) is 38.8. The second-order valence-electron chi connectivity index (χ2n) is 16.3. The van der Waals surface area contributed by atoms with Gasteiger partial charge in [-0.05, 0) is 92.3 Å². The minimum absolute atomic E-state index is 0. The van der Waals surface area contributed by atoms with Crippen molar-refractivity contribution in [2.75, 3.05) is 0 Å². The van der Waals surface area contributed by atoms with Gasteiger partial charge in [0.2, 0.25) is 0 Å². The smallest absolute Gasteiger partial charge is 0.305 e. The average Bonchev–Trinajstić information content (AvgIpc) is 4.16. The Labute approximate surface area is 405 Å². The minimum atomic E-state index is 0. The molecule has 5 nitrogen and oxygen atoms in total. The predicted molar refractivity (Wildman–Crippen MR) is 267 cm³/mol. The molecule has 0 aliphatic heterocycles. The van der Waals surface area contributed by atoms with E-state index >= 15 is 0 Å². The number of benzene rings is 8. The monoisotopic (exact) mass is 1040 g/mol. The van der Waals surface area contributed by atoms with Crippen LogP contribution in [0.3, 0.4) is 0 Å². The SMILES string of the molecule is [Ir+3].[c-]1cc(-c2ccccc2-c2cc(CCc3c[c-]c(-n4cccn4)cc3)cc(-c3ccccc3-c3c[c-]c(-n4cccn4)cc3)c2)c(-c2ccc(-c3ccccc3)cc2)cc1-c1ccccn1. The Bertz CT molecular complexity index is 3370. The van der Waals surface area contributed by atoms with Gasteiger partial charge in [-0.25, -0.2) is 0 Å². The fraction of sp³-hybridized carbons (Fsp3) is 0.0328. The Morgan fingerprint density at radius 2 is 0.925 bits per heavy atom. The molecule has 320 valence electrons. The van der Waals surface area contributed by atoms with Gasteiger partial charge in [-0.3, -0.25) is 9.36 Å². The summed E-state index contributed by atoms with van der Waals surface area (Å²) >= 11 is 0. The van der Waals surface area contributed by atoms with Crippen LogP contribution >= 0.6 is 0 Å². The van der Waals surface area contributed by atoms with Crippen molar-refractivity contribution in [3.05, 3.63) is 261 Å². The fourth-order valence-corrected chi connectivity index (χ4v) is 8.78. The summed E-state index contributed by atoms with van der Waals surface area (Å²) in [5.74, 6) is 0. The van der Waals surface area contributed by atoms with Crippen LogP contribution in [0.4, 0.5) is 0 Å². The number of hydrogen-bond donors (Lipinski definition) is 0. The largest absolute Gasteiger partial charge is 3.00 e. The van der Waals surface area contributed by atoms with Gasteiger partial charge in [-0.15, -0.1) is 41.5 Å². The summed E-state index contributed by atoms with van der Waals surface area (Å²) in [5, 5.41) is 8.81. The van der Waals surface area contributed by atoms with E-state index < -0.39 is 0 Å². The summed E-state index contributed by atoms with van der Waals surface area (Å²) in [6, 6.07) is 81.5. The van der Waals surface area contributed by atoms with Crippen molar-refractivity contribution in [3.63, 3.8) is 0 Å². The molecule has 67 heavy (non-hydrogen) atoms. The molecule has 0 spiro atoms. The van der Waals surface area contributed by atoms with Crippen molar-refractivity contribution < 1.29 is 20.1 Å². The topological polar surface area (TPSA) is 48.5 Å². The molecular weight excluding hydrogens is 995 g/mol. The van der Waals surface area contributed by atoms with E-state index in [2.05, 4.69) is 198 Å². The van der Waals surface area contributed by atoms with Crippen molar-refractivity contribution in [1.29, 1.82) is 0 Å². The predicted octanol–water partition coefficient (Wildman–Crippen LogP) is 14.3. The summed E-state index contributed by atoms with van der Waals surface area (Å²) in [5.41, 5.74) is 19.8. The van der Waals surface area contributed by atoms with Crippen LogP contribution in [-0.4, -0.2) is 24.5 Å². The first-order chi connectivity index (χ1) is 32.7. The van der Waals surface area contributed by atoms with Gasteiger partial charge in [0.15, 0.2) is 0 Å². The molecule has 3 aromatic heterocycles. The summed E-state index contributed by atoms with van der Waals surface area (Å²) < 4.78 is 3.67. The zero-order chi connectivity index (χ0) is 44.1. The van der Waals surface area contributed by atoms with E-state index in [0.29, 0.717) is 0 Å². The third kappa shape index (κ3) is 9.27. The molecule has 0 unspecified atom stereocenters. The molecule has 0 radical (unpaired) electrons. The maximum Gasteiger partial charge on any atom is 3.00 e. The Balaban J connectivity index is 0.00000525. The van der Waals surface area contributed by atoms with Crippen LogP contribution in [0.2, 0.25) is 0 Å². The van der Waals surface area contributed by atoms with Crippen molar-refractivity contribution in [2.45, 2.75) is 12.8 Å². The minimum Gasteiger partial charge on any atom is -0.305 e. The number of aromatic nitrogens is 5. The maximum atomic E-state index is 4.71. The number of rotatable bonds is 12. The third-order valence-corrected chi connectivity index (χ3v) is 12.1. The Kier molecular flexibility index (Phi) is 12.6. The molecule has 0 fully saturated rings. The molecular formula is C61H42IrN5. The van der Waals surface area contributed by atoms with Gasteiger partial charge in [-0.2, -0.15) is 52.2 Å². The molecule has 0 aliphatic carbocycles. The molecule has 0 saturated carbocycles. The molecule has 0 bridgehead atoms. The van der Waals surface area contributed by atoms with Gasteiger partial charge in [0, 0.05) is 31.0 Å². The number of pyridine rings is 1. The van der Waals surface area contributed by atoms with Gasteiger partial charge in [0.25, 0.3) is 0 Å². The van der Waals surface area contributed by atoms with Gasteiger partial charge in [0.05, 0.1) is 0 Å². The molecule has 3 heterocycles. The summed E-state index contributed by atoms with van der Waals surface area (Å²) in [6.45, 7) is 0. The molecule has 8 aromatic carbocycles. The maximum absolute atomic E-state index is 4.71. The summed E-state index contributed by atoms with van der Waals surface area (Å²) in [4.78, 5) is 4.71. The first-order valence-electron chi connectivity index (χ1n) is 22.2. The van der Waals surface area contributed by atoms with E-state index in [1.54, 1.807) is 12.4 Å². The second kappa shape index (κ2) is 19.6. The first-order valence-corrected chi connectivity index (χ1v) is 22.2. The van der Waals surface area contributed by atoms with Crippen LogP contribution in [0.5, 0.6) is 0 Å². The zero-order valence-electron chi connectivity index (χ0n) is 36.4. The second-order valence-corrected chi connectivity index (χ2v) is 16.3. The van der Waals surface area contributed by atoms with Crippen molar-refractivity contribution in [2.24, 2.45) is 0 Å². The van der Waals surface area contributed by atoms with E-state index in [4.69, 9.17) is 4.98 Å². The average molecular weight is 1040 g/mol. The van der Waals surface area contributed by atoms with Crippen molar-refractivity contribution in [1.82, 2.24) is 24.5 Å². The van der Waals surface area contributed by atoms with Crippen LogP contribution in [0.25, 0.3) is 89.4 Å². The fourth-order valence-electron chi connectivity index (χ4n) is 8.78. The van der Waals surface area contributed by atoms with Gasteiger partial charge in [0.1, 0.15) is 0 Å². The summed E-state index contributed by atoms with van der Waals surface area (Å²) in [7, 11) is 0. The van der Waals surface area contributed by atoms with E-state index in [-0.39, 0.29) is 20.1 Å². The van der Waals surface area contributed by atoms with Crippen LogP contribution in [0, 0.1) is 18.2 Å². The molecule has 11 rings (SSSR count). The Morgan fingerprint density at radius 3 is 1.54 bits per heavy atom. The molecule has 0 amide bonds. The normalized spacial score (nSPS) is 11.0. The molecule has 11 aromatic rings. The molecule has 0 atom stereocenters. The third-order valence-electron chi connectivity index (χ3n) is 12.1. The van der Waals surface area contributed by atoms with Gasteiger partial charge < -0.3 is 4.98 Å². The van der Waals surface area contributed by atoms with E-state index in [1.807, 2.05) is 58.3 Å². The molecule has 0 aliphatic rings. The standard InChI is InChI=1S/C61H42N5.Ir/c1-2-12-46(13-3-1)47-23-25-49(26-24-47)60-43-50(61-18-8-9-35-62-61)29-34-59(60)58-17-7-6-16-57(58)52-41-45(20-19-44-21-30-53(31-22-44)65-38-10-36-63-65)40-51(42-52)56-15-5-4-14-55(56)48-27-32-54(33-28-48)66-39-11-37-64-66;/h1-18,21-28,30,32,34-43H,19-20H2;/q-3;+3. The van der Waals surface area contributed by atoms with Crippen LogP contribution in [0.1, 0.15) is 11.1 Å². The number of nitrogens with zero attached hydrogens (tertiary/aromatic N) is 5. The van der Waals surface area contributed by atoms with Gasteiger partial charge in [-0.1, -0.05) is 156 Å². The van der Waals surface area contributed by atoms with Crippen LogP contribution in [-0.2, 0) is 32.9 Å².